The minimum absolute atomic E-state index is 0.0362. The Bertz CT molecular complexity index is 776. The molecule has 0 amide bonds. The number of halogens is 2. The third kappa shape index (κ3) is 7.77. The summed E-state index contributed by atoms with van der Waals surface area (Å²) in [4.78, 5) is 0. The molecule has 1 aromatic carbocycles. The van der Waals surface area contributed by atoms with Crippen LogP contribution in [0.2, 0.25) is 0 Å². The molecule has 2 rings (SSSR count). The van der Waals surface area contributed by atoms with Crippen LogP contribution in [-0.4, -0.2) is 19.1 Å². The predicted molar refractivity (Wildman–Crippen MR) is 127 cm³/mol. The van der Waals surface area contributed by atoms with E-state index in [0.717, 1.165) is 38.9 Å². The second kappa shape index (κ2) is 10.5. The molecule has 0 saturated carbocycles. The van der Waals surface area contributed by atoms with Crippen molar-refractivity contribution in [3.05, 3.63) is 65.9 Å². The van der Waals surface area contributed by atoms with E-state index in [4.69, 9.17) is 0 Å². The fourth-order valence-electron chi connectivity index (χ4n) is 4.53. The maximum absolute atomic E-state index is 13.2. The topological polar surface area (TPSA) is 12.0 Å². The third-order valence-corrected chi connectivity index (χ3v) is 5.54. The zero-order valence-corrected chi connectivity index (χ0v) is 19.2. The Balaban J connectivity index is 1.99. The number of benzene rings is 1. The van der Waals surface area contributed by atoms with E-state index in [1.54, 1.807) is 0 Å². The molecule has 2 unspecified atom stereocenters. The van der Waals surface area contributed by atoms with E-state index in [2.05, 4.69) is 71.3 Å². The van der Waals surface area contributed by atoms with Crippen LogP contribution in [0.1, 0.15) is 70.1 Å². The average molecular weight is 412 g/mol. The molecule has 0 aromatic heterocycles. The van der Waals surface area contributed by atoms with E-state index in [-0.39, 0.29) is 12.4 Å². The van der Waals surface area contributed by atoms with Crippen LogP contribution in [0.25, 0.3) is 5.57 Å². The Morgan fingerprint density at radius 2 is 1.87 bits per heavy atom. The average Bonchev–Trinajstić information content (AvgIpc) is 2.58. The van der Waals surface area contributed by atoms with Gasteiger partial charge < -0.3 is 5.32 Å². The monoisotopic (exact) mass is 412 g/mol. The molecule has 0 saturated heterocycles. The highest BCUT2D eigenvalue weighted by Gasteiger charge is 2.26. The summed E-state index contributed by atoms with van der Waals surface area (Å²) in [6.07, 6.45) is 4.33. The lowest BCUT2D eigenvalue weighted by Crippen LogP contribution is -2.41. The number of nitrogens with one attached hydrogen (secondary N) is 1. The number of hydrogen-bond acceptors (Lipinski definition) is 1. The first-order valence-electron chi connectivity index (χ1n) is 11.1. The zero-order valence-electron chi connectivity index (χ0n) is 19.2. The number of alkyl halides is 2. The van der Waals surface area contributed by atoms with Crippen molar-refractivity contribution in [2.45, 2.75) is 78.0 Å². The second-order valence-electron chi connectivity index (χ2n) is 9.65. The predicted octanol–water partition coefficient (Wildman–Crippen LogP) is 6.95. The van der Waals surface area contributed by atoms with Gasteiger partial charge in [-0.2, -0.15) is 0 Å². The standard InChI is InChI=1S/C26H37BF2N/c1-17(2)11-18(3)12-19(4)13-20(5)23-10-8-9-22-14-25(27-16-24(22)23)30-21(6)15-26(7,28)29/h8-10,17,19,25,30H,3,5-6,11-16H2,1-2,4,7H3. The summed E-state index contributed by atoms with van der Waals surface area (Å²) in [6.45, 7) is 20.1. The minimum atomic E-state index is -2.74. The lowest BCUT2D eigenvalue weighted by molar-refractivity contribution is 0.0211. The van der Waals surface area contributed by atoms with Gasteiger partial charge in [-0.3, -0.25) is 0 Å². The molecule has 0 aliphatic carbocycles. The van der Waals surface area contributed by atoms with Crippen LogP contribution in [0.15, 0.2) is 49.2 Å². The maximum Gasteiger partial charge on any atom is 0.250 e. The minimum Gasteiger partial charge on any atom is -0.394 e. The molecule has 0 spiro atoms. The normalized spacial score (nSPS) is 17.1. The summed E-state index contributed by atoms with van der Waals surface area (Å²) in [5.74, 6) is -1.54. The van der Waals surface area contributed by atoms with Crippen LogP contribution in [0.3, 0.4) is 0 Å². The van der Waals surface area contributed by atoms with Crippen LogP contribution in [0.4, 0.5) is 8.78 Å². The molecular weight excluding hydrogens is 375 g/mol. The summed E-state index contributed by atoms with van der Waals surface area (Å²) in [5, 5.41) is 3.17. The summed E-state index contributed by atoms with van der Waals surface area (Å²) in [5.41, 5.74) is 6.71. The van der Waals surface area contributed by atoms with Gasteiger partial charge in [-0.25, -0.2) is 8.78 Å². The highest BCUT2D eigenvalue weighted by atomic mass is 19.3. The number of allylic oxidation sites excluding steroid dienone is 3. The summed E-state index contributed by atoms with van der Waals surface area (Å²) in [6, 6.07) is 6.38. The Kier molecular flexibility index (Phi) is 8.52. The Morgan fingerprint density at radius 3 is 2.50 bits per heavy atom. The van der Waals surface area contributed by atoms with Crippen molar-refractivity contribution < 1.29 is 8.78 Å². The van der Waals surface area contributed by atoms with Crippen molar-refractivity contribution in [1.29, 1.82) is 0 Å². The van der Waals surface area contributed by atoms with Crippen molar-refractivity contribution in [2.75, 3.05) is 0 Å². The van der Waals surface area contributed by atoms with E-state index < -0.39 is 5.92 Å². The first-order valence-corrected chi connectivity index (χ1v) is 11.1. The quantitative estimate of drug-likeness (QED) is 0.306. The van der Waals surface area contributed by atoms with Crippen molar-refractivity contribution in [1.82, 2.24) is 5.32 Å². The van der Waals surface area contributed by atoms with Crippen LogP contribution < -0.4 is 5.32 Å². The van der Waals surface area contributed by atoms with Gasteiger partial charge in [-0.05, 0) is 72.6 Å². The van der Waals surface area contributed by atoms with E-state index in [1.165, 1.54) is 27.8 Å². The second-order valence-corrected chi connectivity index (χ2v) is 9.65. The van der Waals surface area contributed by atoms with Gasteiger partial charge in [0.15, 0.2) is 0 Å². The Hall–Kier alpha value is -1.84. The summed E-state index contributed by atoms with van der Waals surface area (Å²) >= 11 is 0. The van der Waals surface area contributed by atoms with Gasteiger partial charge >= 0.3 is 0 Å². The molecular formula is C26H37BF2N. The van der Waals surface area contributed by atoms with Gasteiger partial charge in [0.2, 0.25) is 0 Å². The molecule has 1 aromatic rings. The SMILES string of the molecule is C=C(CC(C)C)CC(C)CC(=C)c1cccc2c1C[B]C(NC(=C)CC(C)(F)F)C2. The van der Waals surface area contributed by atoms with E-state index in [1.807, 2.05) is 0 Å². The van der Waals surface area contributed by atoms with Gasteiger partial charge in [0.25, 0.3) is 5.92 Å². The van der Waals surface area contributed by atoms with Gasteiger partial charge in [-0.15, -0.1) is 0 Å². The van der Waals surface area contributed by atoms with Crippen molar-refractivity contribution >= 4 is 12.9 Å². The lowest BCUT2D eigenvalue weighted by Gasteiger charge is -2.29. The Morgan fingerprint density at radius 1 is 1.17 bits per heavy atom. The van der Waals surface area contributed by atoms with E-state index in [9.17, 15) is 8.78 Å². The van der Waals surface area contributed by atoms with Gasteiger partial charge in [0.05, 0.1) is 6.42 Å². The number of fused-ring (bicyclic) bond motifs is 1. The van der Waals surface area contributed by atoms with Gasteiger partial charge in [-0.1, -0.05) is 70.6 Å². The van der Waals surface area contributed by atoms with Crippen LogP contribution in [0, 0.1) is 11.8 Å². The molecule has 2 atom stereocenters. The van der Waals surface area contributed by atoms with E-state index in [0.29, 0.717) is 17.5 Å². The molecule has 1 nitrogen and oxygen atoms in total. The van der Waals surface area contributed by atoms with Crippen LogP contribution >= 0.6 is 0 Å². The highest BCUT2D eigenvalue weighted by molar-refractivity contribution is 6.38. The first-order chi connectivity index (χ1) is 13.9. The molecule has 0 bridgehead atoms. The van der Waals surface area contributed by atoms with E-state index >= 15 is 0 Å². The molecule has 1 aliphatic rings. The van der Waals surface area contributed by atoms with Crippen molar-refractivity contribution in [3.63, 3.8) is 0 Å². The number of hydrogen-bond donors (Lipinski definition) is 1. The molecule has 4 heteroatoms. The molecule has 1 aliphatic heterocycles. The fraction of sp³-hybridized carbons (Fsp3) is 0.538. The molecule has 1 radical (unpaired) electrons. The lowest BCUT2D eigenvalue weighted by atomic mass is 9.57. The molecule has 30 heavy (non-hydrogen) atoms. The van der Waals surface area contributed by atoms with Crippen molar-refractivity contribution in [3.8, 4) is 0 Å². The molecule has 163 valence electrons. The fourth-order valence-corrected chi connectivity index (χ4v) is 4.53. The Labute approximate surface area is 183 Å². The maximum atomic E-state index is 13.2. The first kappa shape index (κ1) is 24.4. The van der Waals surface area contributed by atoms with Crippen molar-refractivity contribution in [2.24, 2.45) is 11.8 Å². The van der Waals surface area contributed by atoms with Crippen LogP contribution in [0.5, 0.6) is 0 Å². The molecule has 0 fully saturated rings. The van der Waals surface area contributed by atoms with Gasteiger partial charge in [0, 0.05) is 5.70 Å². The smallest absolute Gasteiger partial charge is 0.250 e. The largest absolute Gasteiger partial charge is 0.394 e. The highest BCUT2D eigenvalue weighted by Crippen LogP contribution is 2.32. The summed E-state index contributed by atoms with van der Waals surface area (Å²) in [7, 11) is 2.17. The summed E-state index contributed by atoms with van der Waals surface area (Å²) < 4.78 is 26.5. The number of rotatable bonds is 11. The zero-order chi connectivity index (χ0) is 22.5. The van der Waals surface area contributed by atoms with Crippen LogP contribution in [-0.2, 0) is 12.7 Å². The third-order valence-electron chi connectivity index (χ3n) is 5.54. The van der Waals surface area contributed by atoms with Gasteiger partial charge in [0.1, 0.15) is 7.28 Å². The molecule has 1 heterocycles. The molecule has 1 N–H and O–H groups in total.